The van der Waals surface area contributed by atoms with E-state index in [1.807, 2.05) is 6.07 Å². The summed E-state index contributed by atoms with van der Waals surface area (Å²) in [5.74, 6) is 0.914. The number of morpholine rings is 1. The highest BCUT2D eigenvalue weighted by molar-refractivity contribution is 9.13. The van der Waals surface area contributed by atoms with Crippen molar-refractivity contribution in [3.05, 3.63) is 21.0 Å². The molecule has 3 unspecified atom stereocenters. The van der Waals surface area contributed by atoms with Crippen molar-refractivity contribution < 1.29 is 9.15 Å². The molecule has 0 spiro atoms. The molecule has 1 aromatic rings. The molecular weight excluding hydrogens is 364 g/mol. The molecule has 18 heavy (non-hydrogen) atoms. The van der Waals surface area contributed by atoms with Gasteiger partial charge in [-0.05, 0) is 50.8 Å². The van der Waals surface area contributed by atoms with Gasteiger partial charge in [0.1, 0.15) is 5.76 Å². The first-order valence-electron chi connectivity index (χ1n) is 6.21. The van der Waals surface area contributed by atoms with E-state index >= 15 is 0 Å². The predicted molar refractivity (Wildman–Crippen MR) is 75.4 cm³/mol. The van der Waals surface area contributed by atoms with Crippen molar-refractivity contribution in [2.45, 2.75) is 31.1 Å². The lowest BCUT2D eigenvalue weighted by Crippen LogP contribution is -2.46. The standard InChI is InChI=1S/C12H16Br2N2O2/c13-9-3-11(18-12(9)14)10(4-15)16-5-7-1-2-8(6-16)17-7/h3,7-8,10H,1-2,4-6,15H2. The Balaban J connectivity index is 1.79. The maximum Gasteiger partial charge on any atom is 0.183 e. The van der Waals surface area contributed by atoms with E-state index in [1.54, 1.807) is 0 Å². The fraction of sp³-hybridized carbons (Fsp3) is 0.667. The predicted octanol–water partition coefficient (Wildman–Crippen LogP) is 2.67. The van der Waals surface area contributed by atoms with Crippen molar-refractivity contribution >= 4 is 31.9 Å². The van der Waals surface area contributed by atoms with Crippen LogP contribution in [0.4, 0.5) is 0 Å². The zero-order chi connectivity index (χ0) is 12.7. The zero-order valence-corrected chi connectivity index (χ0v) is 13.1. The zero-order valence-electron chi connectivity index (χ0n) is 9.94. The molecule has 2 aliphatic rings. The van der Waals surface area contributed by atoms with Crippen LogP contribution in [0.25, 0.3) is 0 Å². The van der Waals surface area contributed by atoms with Crippen molar-refractivity contribution in [2.24, 2.45) is 5.73 Å². The minimum absolute atomic E-state index is 0.139. The molecule has 6 heteroatoms. The maximum atomic E-state index is 5.93. The van der Waals surface area contributed by atoms with Crippen LogP contribution in [-0.2, 0) is 4.74 Å². The average Bonchev–Trinajstić information content (AvgIpc) is 2.84. The first-order chi connectivity index (χ1) is 8.67. The molecule has 2 saturated heterocycles. The molecule has 2 bridgehead atoms. The monoisotopic (exact) mass is 378 g/mol. The van der Waals surface area contributed by atoms with Crippen LogP contribution in [0.5, 0.6) is 0 Å². The third-order valence-electron chi connectivity index (χ3n) is 3.73. The number of furan rings is 1. The fourth-order valence-electron chi connectivity index (χ4n) is 2.87. The molecule has 0 saturated carbocycles. The van der Waals surface area contributed by atoms with Gasteiger partial charge in [0.05, 0.1) is 22.7 Å². The lowest BCUT2D eigenvalue weighted by molar-refractivity contribution is -0.0546. The highest BCUT2D eigenvalue weighted by Crippen LogP contribution is 2.35. The molecule has 3 atom stereocenters. The highest BCUT2D eigenvalue weighted by Gasteiger charge is 2.37. The van der Waals surface area contributed by atoms with Crippen molar-refractivity contribution in [1.82, 2.24) is 4.90 Å². The largest absolute Gasteiger partial charge is 0.451 e. The van der Waals surface area contributed by atoms with E-state index in [1.165, 1.54) is 12.8 Å². The summed E-state index contributed by atoms with van der Waals surface area (Å²) in [5.41, 5.74) is 5.93. The molecule has 3 rings (SSSR count). The molecule has 0 radical (unpaired) electrons. The van der Waals surface area contributed by atoms with Crippen molar-refractivity contribution in [1.29, 1.82) is 0 Å². The molecule has 2 N–H and O–H groups in total. The van der Waals surface area contributed by atoms with Gasteiger partial charge in [-0.25, -0.2) is 0 Å². The van der Waals surface area contributed by atoms with Crippen LogP contribution in [-0.4, -0.2) is 36.7 Å². The average molecular weight is 380 g/mol. The second kappa shape index (κ2) is 5.25. The summed E-state index contributed by atoms with van der Waals surface area (Å²) in [5, 5.41) is 0. The molecule has 1 aromatic heterocycles. The molecule has 3 heterocycles. The molecule has 4 nitrogen and oxygen atoms in total. The van der Waals surface area contributed by atoms with E-state index in [4.69, 9.17) is 14.9 Å². The van der Waals surface area contributed by atoms with Gasteiger partial charge in [-0.15, -0.1) is 0 Å². The topological polar surface area (TPSA) is 51.6 Å². The van der Waals surface area contributed by atoms with Gasteiger partial charge in [-0.3, -0.25) is 4.90 Å². The van der Waals surface area contributed by atoms with Crippen molar-refractivity contribution in [3.8, 4) is 0 Å². The van der Waals surface area contributed by atoms with E-state index < -0.39 is 0 Å². The lowest BCUT2D eigenvalue weighted by atomic mass is 10.1. The summed E-state index contributed by atoms with van der Waals surface area (Å²) in [7, 11) is 0. The SMILES string of the molecule is NCC(c1cc(Br)c(Br)o1)N1CC2CCC(C1)O2. The number of likely N-dealkylation sites (tertiary alicyclic amines) is 1. The van der Waals surface area contributed by atoms with Gasteiger partial charge in [0, 0.05) is 19.6 Å². The number of fused-ring (bicyclic) bond motifs is 2. The summed E-state index contributed by atoms with van der Waals surface area (Å²) >= 11 is 6.83. The van der Waals surface area contributed by atoms with Gasteiger partial charge in [0.25, 0.3) is 0 Å². The summed E-state index contributed by atoms with van der Waals surface area (Å²) in [6.07, 6.45) is 3.09. The Morgan fingerprint density at radius 3 is 2.50 bits per heavy atom. The second-order valence-electron chi connectivity index (χ2n) is 4.93. The van der Waals surface area contributed by atoms with Crippen LogP contribution in [0.1, 0.15) is 24.6 Å². The third kappa shape index (κ3) is 2.41. The highest BCUT2D eigenvalue weighted by atomic mass is 79.9. The van der Waals surface area contributed by atoms with Crippen LogP contribution < -0.4 is 5.73 Å². The summed E-state index contributed by atoms with van der Waals surface area (Å²) < 4.78 is 13.2. The second-order valence-corrected chi connectivity index (χ2v) is 6.51. The smallest absolute Gasteiger partial charge is 0.183 e. The third-order valence-corrected chi connectivity index (χ3v) is 5.44. The van der Waals surface area contributed by atoms with Crippen LogP contribution >= 0.6 is 31.9 Å². The Morgan fingerprint density at radius 1 is 1.33 bits per heavy atom. The van der Waals surface area contributed by atoms with Crippen molar-refractivity contribution in [2.75, 3.05) is 19.6 Å². The molecule has 0 aromatic carbocycles. The summed E-state index contributed by atoms with van der Waals surface area (Å²) in [6, 6.07) is 2.14. The minimum Gasteiger partial charge on any atom is -0.451 e. The molecule has 2 fully saturated rings. The van der Waals surface area contributed by atoms with E-state index in [2.05, 4.69) is 36.8 Å². The van der Waals surface area contributed by atoms with Crippen LogP contribution in [0, 0.1) is 0 Å². The van der Waals surface area contributed by atoms with E-state index in [0.29, 0.717) is 18.8 Å². The number of ether oxygens (including phenoxy) is 1. The van der Waals surface area contributed by atoms with E-state index in [0.717, 1.165) is 28.0 Å². The van der Waals surface area contributed by atoms with Gasteiger partial charge >= 0.3 is 0 Å². The molecule has 0 aliphatic carbocycles. The molecule has 100 valence electrons. The van der Waals surface area contributed by atoms with E-state index in [-0.39, 0.29) is 6.04 Å². The van der Waals surface area contributed by atoms with Gasteiger partial charge in [-0.1, -0.05) is 0 Å². The van der Waals surface area contributed by atoms with Crippen molar-refractivity contribution in [3.63, 3.8) is 0 Å². The number of nitrogens with zero attached hydrogens (tertiary/aromatic N) is 1. The fourth-order valence-corrected chi connectivity index (χ4v) is 3.48. The van der Waals surface area contributed by atoms with Gasteiger partial charge in [0.2, 0.25) is 0 Å². The van der Waals surface area contributed by atoms with Crippen LogP contribution in [0.3, 0.4) is 0 Å². The number of hydrogen-bond donors (Lipinski definition) is 1. The summed E-state index contributed by atoms with van der Waals surface area (Å²) in [4.78, 5) is 2.39. The van der Waals surface area contributed by atoms with Crippen LogP contribution in [0.15, 0.2) is 19.6 Å². The number of hydrogen-bond acceptors (Lipinski definition) is 4. The van der Waals surface area contributed by atoms with Crippen LogP contribution in [0.2, 0.25) is 0 Å². The number of nitrogens with two attached hydrogens (primary N) is 1. The number of halogens is 2. The normalized spacial score (nSPS) is 29.7. The first kappa shape index (κ1) is 13.1. The maximum absolute atomic E-state index is 5.93. The van der Waals surface area contributed by atoms with Gasteiger partial charge in [0.15, 0.2) is 4.67 Å². The van der Waals surface area contributed by atoms with Gasteiger partial charge < -0.3 is 14.9 Å². The quantitative estimate of drug-likeness (QED) is 0.877. The Hall–Kier alpha value is 0.120. The molecular formula is C12H16Br2N2O2. The number of rotatable bonds is 3. The Kier molecular flexibility index (Phi) is 3.82. The molecule has 0 amide bonds. The van der Waals surface area contributed by atoms with Gasteiger partial charge in [-0.2, -0.15) is 0 Å². The summed E-state index contributed by atoms with van der Waals surface area (Å²) in [6.45, 7) is 2.47. The minimum atomic E-state index is 0.139. The Labute approximate surface area is 123 Å². The molecule has 2 aliphatic heterocycles. The van der Waals surface area contributed by atoms with E-state index in [9.17, 15) is 0 Å². The Morgan fingerprint density at radius 2 is 2.00 bits per heavy atom. The first-order valence-corrected chi connectivity index (χ1v) is 7.80. The Bertz CT molecular complexity index is 406. The lowest BCUT2D eigenvalue weighted by Gasteiger charge is -2.36.